The van der Waals surface area contributed by atoms with Crippen LogP contribution in [0.5, 0.6) is 5.75 Å². The molecule has 0 spiro atoms. The minimum atomic E-state index is -0.803. The molecular formula is C17H27ClN2O2. The van der Waals surface area contributed by atoms with Crippen LogP contribution in [0.4, 0.5) is 5.69 Å². The van der Waals surface area contributed by atoms with Crippen LogP contribution in [-0.4, -0.2) is 16.6 Å². The standard InChI is InChI=1S/C17H26N2O2.ClH/c1-16(2,3)12-7-8-14(20)13(11-12)19-15(21)17(18)9-5-4-6-10-17;/h7-8,11,20H,4-6,9-10,18H2,1-3H3,(H,19,21);1H. The molecule has 0 aromatic heterocycles. The summed E-state index contributed by atoms with van der Waals surface area (Å²) in [5, 5.41) is 12.8. The number of phenols is 1. The Balaban J connectivity index is 0.00000242. The Morgan fingerprint density at radius 3 is 2.36 bits per heavy atom. The van der Waals surface area contributed by atoms with Gasteiger partial charge in [0.1, 0.15) is 5.75 Å². The minimum Gasteiger partial charge on any atom is -0.506 e. The lowest BCUT2D eigenvalue weighted by Gasteiger charge is -2.32. The van der Waals surface area contributed by atoms with Crippen molar-refractivity contribution in [2.75, 3.05) is 5.32 Å². The molecule has 0 atom stereocenters. The fraction of sp³-hybridized carbons (Fsp3) is 0.588. The molecule has 4 N–H and O–H groups in total. The summed E-state index contributed by atoms with van der Waals surface area (Å²) in [6.07, 6.45) is 4.52. The molecule has 0 saturated heterocycles. The normalized spacial score (nSPS) is 17.5. The zero-order valence-electron chi connectivity index (χ0n) is 13.6. The van der Waals surface area contributed by atoms with Gasteiger partial charge in [0.15, 0.2) is 0 Å². The van der Waals surface area contributed by atoms with Crippen LogP contribution in [0, 0.1) is 0 Å². The number of anilines is 1. The predicted octanol–water partition coefficient (Wildman–Crippen LogP) is 3.71. The Morgan fingerprint density at radius 1 is 1.23 bits per heavy atom. The first-order valence-corrected chi connectivity index (χ1v) is 7.66. The van der Waals surface area contributed by atoms with Gasteiger partial charge in [-0.3, -0.25) is 4.79 Å². The molecule has 1 aliphatic carbocycles. The van der Waals surface area contributed by atoms with E-state index in [9.17, 15) is 9.90 Å². The molecule has 1 aromatic rings. The number of nitrogens with two attached hydrogens (primary N) is 1. The van der Waals surface area contributed by atoms with Crippen molar-refractivity contribution < 1.29 is 9.90 Å². The second-order valence-electron chi connectivity index (χ2n) is 7.15. The second kappa shape index (κ2) is 6.88. The summed E-state index contributed by atoms with van der Waals surface area (Å²) in [6.45, 7) is 6.28. The zero-order chi connectivity index (χ0) is 15.7. The first-order chi connectivity index (χ1) is 9.72. The summed E-state index contributed by atoms with van der Waals surface area (Å²) in [4.78, 5) is 12.5. The smallest absolute Gasteiger partial charge is 0.244 e. The maximum Gasteiger partial charge on any atom is 0.244 e. The van der Waals surface area contributed by atoms with E-state index in [4.69, 9.17) is 5.73 Å². The lowest BCUT2D eigenvalue weighted by atomic mass is 9.81. The van der Waals surface area contributed by atoms with Crippen LogP contribution in [0.3, 0.4) is 0 Å². The summed E-state index contributed by atoms with van der Waals surface area (Å²) >= 11 is 0. The van der Waals surface area contributed by atoms with Gasteiger partial charge < -0.3 is 16.2 Å². The molecular weight excluding hydrogens is 300 g/mol. The third-order valence-electron chi connectivity index (χ3n) is 4.31. The van der Waals surface area contributed by atoms with Crippen molar-refractivity contribution in [3.63, 3.8) is 0 Å². The van der Waals surface area contributed by atoms with Gasteiger partial charge in [-0.2, -0.15) is 0 Å². The lowest BCUT2D eigenvalue weighted by Crippen LogP contribution is -2.52. The molecule has 124 valence electrons. The Bertz CT molecular complexity index is 532. The first kappa shape index (κ1) is 18.8. The fourth-order valence-electron chi connectivity index (χ4n) is 2.76. The van der Waals surface area contributed by atoms with E-state index in [2.05, 4.69) is 26.1 Å². The summed E-state index contributed by atoms with van der Waals surface area (Å²) in [6, 6.07) is 5.34. The van der Waals surface area contributed by atoms with E-state index in [0.717, 1.165) is 24.8 Å². The van der Waals surface area contributed by atoms with E-state index in [0.29, 0.717) is 18.5 Å². The Kier molecular flexibility index (Phi) is 5.88. The lowest BCUT2D eigenvalue weighted by molar-refractivity contribution is -0.122. The number of carbonyl (C=O) groups is 1. The monoisotopic (exact) mass is 326 g/mol. The first-order valence-electron chi connectivity index (χ1n) is 7.66. The molecule has 1 aliphatic rings. The molecule has 0 unspecified atom stereocenters. The van der Waals surface area contributed by atoms with E-state index in [1.807, 2.05) is 12.1 Å². The van der Waals surface area contributed by atoms with Crippen LogP contribution in [0.25, 0.3) is 0 Å². The van der Waals surface area contributed by atoms with E-state index in [-0.39, 0.29) is 29.5 Å². The second-order valence-corrected chi connectivity index (χ2v) is 7.15. The number of nitrogens with one attached hydrogen (secondary N) is 1. The summed E-state index contributed by atoms with van der Waals surface area (Å²) in [5.74, 6) is -0.112. The number of phenolic OH excluding ortho intramolecular Hbond substituents is 1. The molecule has 4 nitrogen and oxygen atoms in total. The molecule has 1 fully saturated rings. The summed E-state index contributed by atoms with van der Waals surface area (Å²) in [7, 11) is 0. The molecule has 1 aromatic carbocycles. The van der Waals surface area contributed by atoms with E-state index in [1.165, 1.54) is 0 Å². The van der Waals surface area contributed by atoms with Gasteiger partial charge in [-0.25, -0.2) is 0 Å². The van der Waals surface area contributed by atoms with Gasteiger partial charge in [0.2, 0.25) is 5.91 Å². The number of rotatable bonds is 2. The van der Waals surface area contributed by atoms with Gasteiger partial charge in [0, 0.05) is 0 Å². The number of hydrogen-bond donors (Lipinski definition) is 3. The highest BCUT2D eigenvalue weighted by Crippen LogP contribution is 2.32. The van der Waals surface area contributed by atoms with Gasteiger partial charge in [-0.05, 0) is 36.0 Å². The van der Waals surface area contributed by atoms with Gasteiger partial charge in [0.25, 0.3) is 0 Å². The van der Waals surface area contributed by atoms with Gasteiger partial charge in [-0.1, -0.05) is 46.1 Å². The van der Waals surface area contributed by atoms with Crippen LogP contribution in [0.1, 0.15) is 58.4 Å². The minimum absolute atomic E-state index is 0. The Labute approximate surface area is 138 Å². The quantitative estimate of drug-likeness (QED) is 0.725. The van der Waals surface area contributed by atoms with Crippen LogP contribution < -0.4 is 11.1 Å². The predicted molar refractivity (Wildman–Crippen MR) is 92.7 cm³/mol. The third kappa shape index (κ3) is 4.14. The maximum atomic E-state index is 12.5. The maximum absolute atomic E-state index is 12.5. The van der Waals surface area contributed by atoms with Crippen molar-refractivity contribution in [1.82, 2.24) is 0 Å². The molecule has 1 saturated carbocycles. The van der Waals surface area contributed by atoms with Crippen molar-refractivity contribution in [3.05, 3.63) is 23.8 Å². The SMILES string of the molecule is CC(C)(C)c1ccc(O)c(NC(=O)C2(N)CCCCC2)c1.Cl. The van der Waals surface area contributed by atoms with Crippen molar-refractivity contribution in [2.45, 2.75) is 63.8 Å². The highest BCUT2D eigenvalue weighted by atomic mass is 35.5. The summed E-state index contributed by atoms with van der Waals surface area (Å²) < 4.78 is 0. The van der Waals surface area contributed by atoms with Gasteiger partial charge in [0.05, 0.1) is 11.2 Å². The van der Waals surface area contributed by atoms with E-state index < -0.39 is 5.54 Å². The average Bonchev–Trinajstić information content (AvgIpc) is 2.40. The highest BCUT2D eigenvalue weighted by molar-refractivity contribution is 5.99. The molecule has 1 amide bonds. The van der Waals surface area contributed by atoms with Crippen LogP contribution >= 0.6 is 12.4 Å². The van der Waals surface area contributed by atoms with Crippen molar-refractivity contribution >= 4 is 24.0 Å². The Morgan fingerprint density at radius 2 is 1.82 bits per heavy atom. The van der Waals surface area contributed by atoms with Gasteiger partial charge >= 0.3 is 0 Å². The number of amides is 1. The number of halogens is 1. The number of benzene rings is 1. The largest absolute Gasteiger partial charge is 0.506 e. The fourth-order valence-corrected chi connectivity index (χ4v) is 2.76. The van der Waals surface area contributed by atoms with Crippen molar-refractivity contribution in [1.29, 1.82) is 0 Å². The third-order valence-corrected chi connectivity index (χ3v) is 4.31. The van der Waals surface area contributed by atoms with Gasteiger partial charge in [-0.15, -0.1) is 12.4 Å². The van der Waals surface area contributed by atoms with Crippen LogP contribution in [-0.2, 0) is 10.2 Å². The molecule has 0 bridgehead atoms. The summed E-state index contributed by atoms with van der Waals surface area (Å²) in [5.41, 5.74) is 6.89. The number of aromatic hydroxyl groups is 1. The molecule has 0 heterocycles. The van der Waals surface area contributed by atoms with Crippen molar-refractivity contribution in [3.8, 4) is 5.75 Å². The molecule has 0 aliphatic heterocycles. The molecule has 0 radical (unpaired) electrons. The molecule has 22 heavy (non-hydrogen) atoms. The number of carbonyl (C=O) groups excluding carboxylic acids is 1. The van der Waals surface area contributed by atoms with Crippen molar-refractivity contribution in [2.24, 2.45) is 5.73 Å². The highest BCUT2D eigenvalue weighted by Gasteiger charge is 2.35. The number of hydrogen-bond acceptors (Lipinski definition) is 3. The van der Waals surface area contributed by atoms with Crippen LogP contribution in [0.2, 0.25) is 0 Å². The Hall–Kier alpha value is -1.26. The zero-order valence-corrected chi connectivity index (χ0v) is 14.4. The van der Waals surface area contributed by atoms with Crippen LogP contribution in [0.15, 0.2) is 18.2 Å². The van der Waals surface area contributed by atoms with E-state index in [1.54, 1.807) is 6.07 Å². The van der Waals surface area contributed by atoms with E-state index >= 15 is 0 Å². The molecule has 5 heteroatoms. The molecule has 2 rings (SSSR count). The average molecular weight is 327 g/mol. The topological polar surface area (TPSA) is 75.3 Å².